The van der Waals surface area contributed by atoms with E-state index in [4.69, 9.17) is 0 Å². The average molecular weight is 358 g/mol. The van der Waals surface area contributed by atoms with Crippen LogP contribution in [0.3, 0.4) is 0 Å². The molecule has 0 bridgehead atoms. The Bertz CT molecular complexity index is 675. The first-order valence-corrected chi connectivity index (χ1v) is 9.53. The van der Waals surface area contributed by atoms with Crippen LogP contribution in [0, 0.1) is 18.7 Å². The molecule has 0 saturated carbocycles. The van der Waals surface area contributed by atoms with Crippen molar-refractivity contribution in [3.63, 3.8) is 0 Å². The van der Waals surface area contributed by atoms with Crippen LogP contribution in [0.2, 0.25) is 0 Å². The molecule has 3 N–H and O–H groups in total. The molecule has 136 valence electrons. The van der Waals surface area contributed by atoms with Crippen molar-refractivity contribution in [2.24, 2.45) is 10.9 Å². The van der Waals surface area contributed by atoms with Gasteiger partial charge in [-0.15, -0.1) is 0 Å². The first-order chi connectivity index (χ1) is 11.1. The van der Waals surface area contributed by atoms with Crippen molar-refractivity contribution in [1.82, 2.24) is 10.6 Å². The molecule has 24 heavy (non-hydrogen) atoms. The molecule has 0 saturated heterocycles. The number of nitrogens with zero attached hydrogens (tertiary/aromatic N) is 1. The SMILES string of the molecule is CN=C(NCCS(=O)(=O)Nc1ccc(C)c(F)c1)NC(C)C(C)C. The van der Waals surface area contributed by atoms with Crippen LogP contribution in [-0.2, 0) is 10.0 Å². The lowest BCUT2D eigenvalue weighted by atomic mass is 10.1. The molecule has 0 aliphatic heterocycles. The molecule has 0 amide bonds. The largest absolute Gasteiger partial charge is 0.355 e. The highest BCUT2D eigenvalue weighted by molar-refractivity contribution is 7.92. The van der Waals surface area contributed by atoms with Crippen molar-refractivity contribution in [3.8, 4) is 0 Å². The molecular formula is C16H27FN4O2S. The van der Waals surface area contributed by atoms with Gasteiger partial charge in [-0.05, 0) is 37.5 Å². The molecule has 1 aromatic rings. The highest BCUT2D eigenvalue weighted by atomic mass is 32.2. The van der Waals surface area contributed by atoms with Gasteiger partial charge in [0, 0.05) is 19.6 Å². The number of benzene rings is 1. The standard InChI is InChI=1S/C16H27FN4O2S/c1-11(2)13(4)20-16(18-5)19-8-9-24(22,23)21-14-7-6-12(3)15(17)10-14/h6-7,10-11,13,21H,8-9H2,1-5H3,(H2,18,19,20). The Morgan fingerprint density at radius 3 is 2.50 bits per heavy atom. The van der Waals surface area contributed by atoms with Crippen molar-refractivity contribution in [2.75, 3.05) is 24.1 Å². The first-order valence-electron chi connectivity index (χ1n) is 7.88. The van der Waals surface area contributed by atoms with Crippen molar-refractivity contribution in [3.05, 3.63) is 29.6 Å². The summed E-state index contributed by atoms with van der Waals surface area (Å²) in [6.07, 6.45) is 0. The van der Waals surface area contributed by atoms with E-state index in [2.05, 4.69) is 34.2 Å². The zero-order chi connectivity index (χ0) is 18.3. The lowest BCUT2D eigenvalue weighted by molar-refractivity contribution is 0.481. The Balaban J connectivity index is 2.54. The lowest BCUT2D eigenvalue weighted by Crippen LogP contribution is -2.45. The minimum Gasteiger partial charge on any atom is -0.355 e. The molecular weight excluding hydrogens is 331 g/mol. The Kier molecular flexibility index (Phi) is 7.47. The van der Waals surface area contributed by atoms with Gasteiger partial charge in [-0.2, -0.15) is 0 Å². The van der Waals surface area contributed by atoms with Crippen molar-refractivity contribution < 1.29 is 12.8 Å². The maximum atomic E-state index is 13.5. The van der Waals surface area contributed by atoms with Crippen LogP contribution in [0.1, 0.15) is 26.3 Å². The molecule has 0 spiro atoms. The van der Waals surface area contributed by atoms with E-state index in [0.717, 1.165) is 0 Å². The van der Waals surface area contributed by atoms with E-state index >= 15 is 0 Å². The fourth-order valence-electron chi connectivity index (χ4n) is 1.77. The number of aryl methyl sites for hydroxylation is 1. The number of sulfonamides is 1. The third-order valence-electron chi connectivity index (χ3n) is 3.70. The van der Waals surface area contributed by atoms with Gasteiger partial charge in [0.15, 0.2) is 5.96 Å². The summed E-state index contributed by atoms with van der Waals surface area (Å²) < 4.78 is 40.0. The molecule has 0 heterocycles. The summed E-state index contributed by atoms with van der Waals surface area (Å²) >= 11 is 0. The minimum absolute atomic E-state index is 0.154. The van der Waals surface area contributed by atoms with Gasteiger partial charge in [-0.3, -0.25) is 9.71 Å². The fourth-order valence-corrected chi connectivity index (χ4v) is 2.73. The number of hydrogen-bond acceptors (Lipinski definition) is 3. The van der Waals surface area contributed by atoms with E-state index in [1.165, 1.54) is 18.2 Å². The molecule has 0 aliphatic carbocycles. The van der Waals surface area contributed by atoms with Crippen LogP contribution < -0.4 is 15.4 Å². The van der Waals surface area contributed by atoms with Crippen LogP contribution >= 0.6 is 0 Å². The third-order valence-corrected chi connectivity index (χ3v) is 4.98. The number of rotatable bonds is 7. The summed E-state index contributed by atoms with van der Waals surface area (Å²) in [5.74, 6) is 0.373. The molecule has 0 fully saturated rings. The zero-order valence-electron chi connectivity index (χ0n) is 14.9. The van der Waals surface area contributed by atoms with Gasteiger partial charge >= 0.3 is 0 Å². The number of anilines is 1. The number of nitrogens with one attached hydrogen (secondary N) is 3. The van der Waals surface area contributed by atoms with E-state index in [1.54, 1.807) is 14.0 Å². The summed E-state index contributed by atoms with van der Waals surface area (Å²) in [4.78, 5) is 4.06. The molecule has 1 rings (SSSR count). The second-order valence-corrected chi connectivity index (χ2v) is 7.90. The highest BCUT2D eigenvalue weighted by Crippen LogP contribution is 2.14. The summed E-state index contributed by atoms with van der Waals surface area (Å²) in [7, 11) is -1.95. The third kappa shape index (κ3) is 6.74. The number of guanidine groups is 1. The van der Waals surface area contributed by atoms with E-state index in [0.29, 0.717) is 17.4 Å². The van der Waals surface area contributed by atoms with Gasteiger partial charge in [0.2, 0.25) is 10.0 Å². The topological polar surface area (TPSA) is 82.6 Å². The smallest absolute Gasteiger partial charge is 0.234 e. The Morgan fingerprint density at radius 1 is 1.29 bits per heavy atom. The quantitative estimate of drug-likeness (QED) is 0.515. The highest BCUT2D eigenvalue weighted by Gasteiger charge is 2.13. The van der Waals surface area contributed by atoms with Crippen LogP contribution in [0.5, 0.6) is 0 Å². The predicted molar refractivity (Wildman–Crippen MR) is 97.3 cm³/mol. The van der Waals surface area contributed by atoms with Gasteiger partial charge in [0.1, 0.15) is 5.82 Å². The van der Waals surface area contributed by atoms with E-state index in [-0.39, 0.29) is 24.0 Å². The van der Waals surface area contributed by atoms with Crippen molar-refractivity contribution >= 4 is 21.7 Å². The van der Waals surface area contributed by atoms with Crippen LogP contribution in [0.15, 0.2) is 23.2 Å². The van der Waals surface area contributed by atoms with Gasteiger partial charge in [-0.25, -0.2) is 12.8 Å². The zero-order valence-corrected chi connectivity index (χ0v) is 15.7. The maximum absolute atomic E-state index is 13.5. The monoisotopic (exact) mass is 358 g/mol. The van der Waals surface area contributed by atoms with E-state index < -0.39 is 15.8 Å². The minimum atomic E-state index is -3.57. The molecule has 1 atom stereocenters. The van der Waals surface area contributed by atoms with E-state index in [1.807, 2.05) is 6.92 Å². The van der Waals surface area contributed by atoms with Gasteiger partial charge in [0.05, 0.1) is 11.4 Å². The van der Waals surface area contributed by atoms with Crippen LogP contribution in [-0.4, -0.2) is 39.8 Å². The summed E-state index contributed by atoms with van der Waals surface area (Å²) in [6.45, 7) is 8.00. The predicted octanol–water partition coefficient (Wildman–Crippen LogP) is 2.09. The van der Waals surface area contributed by atoms with Crippen LogP contribution in [0.4, 0.5) is 10.1 Å². The molecule has 1 aromatic carbocycles. The second kappa shape index (κ2) is 8.86. The molecule has 0 aromatic heterocycles. The second-order valence-electron chi connectivity index (χ2n) is 6.06. The van der Waals surface area contributed by atoms with Gasteiger partial charge in [-0.1, -0.05) is 19.9 Å². The maximum Gasteiger partial charge on any atom is 0.234 e. The summed E-state index contributed by atoms with van der Waals surface area (Å²) in [5.41, 5.74) is 0.683. The van der Waals surface area contributed by atoms with Gasteiger partial charge in [0.25, 0.3) is 0 Å². The molecule has 6 nitrogen and oxygen atoms in total. The summed E-state index contributed by atoms with van der Waals surface area (Å²) in [5, 5.41) is 6.15. The Labute approximate surface area is 144 Å². The summed E-state index contributed by atoms with van der Waals surface area (Å²) in [6, 6.07) is 4.45. The average Bonchev–Trinajstić information content (AvgIpc) is 2.49. The molecule has 0 radical (unpaired) electrons. The number of hydrogen-bond donors (Lipinski definition) is 3. The van der Waals surface area contributed by atoms with Gasteiger partial charge < -0.3 is 10.6 Å². The Morgan fingerprint density at radius 2 is 1.96 bits per heavy atom. The van der Waals surface area contributed by atoms with Crippen LogP contribution in [0.25, 0.3) is 0 Å². The number of aliphatic imine (C=N–C) groups is 1. The van der Waals surface area contributed by atoms with Crippen molar-refractivity contribution in [1.29, 1.82) is 0 Å². The Hall–Kier alpha value is -1.83. The van der Waals surface area contributed by atoms with E-state index in [9.17, 15) is 12.8 Å². The normalized spacial score (nSPS) is 13.7. The first kappa shape index (κ1) is 20.2. The molecule has 1 unspecified atom stereocenters. The molecule has 0 aliphatic rings. The molecule has 8 heteroatoms. The van der Waals surface area contributed by atoms with Crippen molar-refractivity contribution in [2.45, 2.75) is 33.7 Å². The number of halogens is 1. The fraction of sp³-hybridized carbons (Fsp3) is 0.562. The lowest BCUT2D eigenvalue weighted by Gasteiger charge is -2.20.